The van der Waals surface area contributed by atoms with Crippen LogP contribution in [-0.4, -0.2) is 23.3 Å². The average molecular weight is 410 g/mol. The number of fused-ring (bicyclic) bond motifs is 2. The van der Waals surface area contributed by atoms with E-state index in [0.29, 0.717) is 23.7 Å². The first-order chi connectivity index (χ1) is 15.0. The summed E-state index contributed by atoms with van der Waals surface area (Å²) in [5, 5.41) is 13.4. The Balaban J connectivity index is 1.74. The van der Waals surface area contributed by atoms with Gasteiger partial charge in [-0.05, 0) is 42.7 Å². The monoisotopic (exact) mass is 410 g/mol. The molecule has 6 heteroatoms. The highest BCUT2D eigenvalue weighted by atomic mass is 16.2. The Morgan fingerprint density at radius 2 is 1.94 bits per heavy atom. The Morgan fingerprint density at radius 1 is 1.13 bits per heavy atom. The van der Waals surface area contributed by atoms with Crippen LogP contribution in [-0.2, 0) is 9.59 Å². The highest BCUT2D eigenvalue weighted by Crippen LogP contribution is 2.39. The van der Waals surface area contributed by atoms with Gasteiger partial charge < -0.3 is 10.2 Å². The maximum Gasteiger partial charge on any atom is 0.267 e. The third-order valence-corrected chi connectivity index (χ3v) is 5.34. The molecule has 31 heavy (non-hydrogen) atoms. The number of nitrogens with one attached hydrogen (secondary N) is 1. The van der Waals surface area contributed by atoms with Crippen LogP contribution in [0.4, 0.5) is 11.4 Å². The first-order valence-electron chi connectivity index (χ1n) is 10.2. The number of rotatable bonds is 5. The topological polar surface area (TPSA) is 86.1 Å². The lowest BCUT2D eigenvalue weighted by molar-refractivity contribution is -0.114. The first kappa shape index (κ1) is 20.3. The number of pyridine rings is 1. The Kier molecular flexibility index (Phi) is 5.50. The fraction of sp³-hybridized carbons (Fsp3) is 0.200. The molecular formula is C25H22N4O2. The standard InChI is InChI=1S/C25H22N4O2/c1-16(2)12-14-29-22-11-4-3-7-18(22)23(25(29)31)19(15-26)24(30)28-21-10-5-9-20-17(21)8-6-13-27-20/h3-11,13,16H,12,14H2,1-2H3,(H,28,30). The van der Waals surface area contributed by atoms with E-state index in [1.807, 2.05) is 30.3 Å². The van der Waals surface area contributed by atoms with Gasteiger partial charge in [-0.3, -0.25) is 14.6 Å². The molecule has 1 aliphatic rings. The van der Waals surface area contributed by atoms with E-state index in [9.17, 15) is 14.9 Å². The van der Waals surface area contributed by atoms with Gasteiger partial charge in [0.25, 0.3) is 11.8 Å². The maximum absolute atomic E-state index is 13.3. The Hall–Kier alpha value is -3.98. The number of carbonyl (C=O) groups is 2. The van der Waals surface area contributed by atoms with Crippen molar-refractivity contribution < 1.29 is 9.59 Å². The molecule has 3 aromatic rings. The van der Waals surface area contributed by atoms with E-state index in [1.54, 1.807) is 41.4 Å². The van der Waals surface area contributed by atoms with Crippen molar-refractivity contribution in [1.82, 2.24) is 4.98 Å². The zero-order chi connectivity index (χ0) is 22.0. The summed E-state index contributed by atoms with van der Waals surface area (Å²) in [5.74, 6) is -0.498. The van der Waals surface area contributed by atoms with Gasteiger partial charge in [-0.25, -0.2) is 0 Å². The molecule has 0 saturated carbocycles. The lowest BCUT2D eigenvalue weighted by Gasteiger charge is -2.18. The molecule has 6 nitrogen and oxygen atoms in total. The smallest absolute Gasteiger partial charge is 0.267 e. The highest BCUT2D eigenvalue weighted by molar-refractivity contribution is 6.38. The number of hydrogen-bond donors (Lipinski definition) is 1. The van der Waals surface area contributed by atoms with Crippen molar-refractivity contribution in [3.63, 3.8) is 0 Å². The molecule has 1 N–H and O–H groups in total. The summed E-state index contributed by atoms with van der Waals surface area (Å²) >= 11 is 0. The zero-order valence-corrected chi connectivity index (χ0v) is 17.4. The van der Waals surface area contributed by atoms with Crippen molar-refractivity contribution in [2.45, 2.75) is 20.3 Å². The fourth-order valence-electron chi connectivity index (χ4n) is 3.75. The number of aromatic nitrogens is 1. The van der Waals surface area contributed by atoms with Crippen molar-refractivity contribution in [3.8, 4) is 6.07 Å². The Bertz CT molecular complexity index is 1250. The summed E-state index contributed by atoms with van der Waals surface area (Å²) in [7, 11) is 0. The van der Waals surface area contributed by atoms with Gasteiger partial charge in [0, 0.05) is 23.7 Å². The molecule has 4 rings (SSSR count). The van der Waals surface area contributed by atoms with E-state index in [0.717, 1.165) is 23.0 Å². The summed E-state index contributed by atoms with van der Waals surface area (Å²) in [6.07, 6.45) is 2.50. The van der Waals surface area contributed by atoms with E-state index in [1.165, 1.54) is 0 Å². The summed E-state index contributed by atoms with van der Waals surface area (Å²) < 4.78 is 0. The highest BCUT2D eigenvalue weighted by Gasteiger charge is 2.36. The number of nitrogens with zero attached hydrogens (tertiary/aromatic N) is 3. The SMILES string of the molecule is CC(C)CCN1C(=O)C(=C(C#N)C(=O)Nc2cccc3ncccc23)c2ccccc21. The van der Waals surface area contributed by atoms with Crippen LogP contribution < -0.4 is 10.2 Å². The molecule has 154 valence electrons. The molecule has 0 fully saturated rings. The van der Waals surface area contributed by atoms with Gasteiger partial charge in [0.05, 0.1) is 22.5 Å². The molecule has 0 bridgehead atoms. The van der Waals surface area contributed by atoms with Crippen LogP contribution in [0, 0.1) is 17.2 Å². The van der Waals surface area contributed by atoms with E-state index >= 15 is 0 Å². The van der Waals surface area contributed by atoms with Crippen LogP contribution in [0.5, 0.6) is 0 Å². The molecule has 0 aliphatic carbocycles. The van der Waals surface area contributed by atoms with Crippen molar-refractivity contribution >= 4 is 39.7 Å². The summed E-state index contributed by atoms with van der Waals surface area (Å²) in [6, 6.07) is 18.3. The van der Waals surface area contributed by atoms with Crippen LogP contribution in [0.2, 0.25) is 0 Å². The van der Waals surface area contributed by atoms with E-state index < -0.39 is 5.91 Å². The number of nitriles is 1. The van der Waals surface area contributed by atoms with Crippen molar-refractivity contribution in [1.29, 1.82) is 5.26 Å². The van der Waals surface area contributed by atoms with Gasteiger partial charge in [-0.15, -0.1) is 0 Å². The molecular weight excluding hydrogens is 388 g/mol. The van der Waals surface area contributed by atoms with Crippen molar-refractivity contribution in [3.05, 3.63) is 71.9 Å². The molecule has 0 radical (unpaired) electrons. The van der Waals surface area contributed by atoms with Gasteiger partial charge in [-0.2, -0.15) is 5.26 Å². The minimum absolute atomic E-state index is 0.151. The summed E-state index contributed by atoms with van der Waals surface area (Å²) in [5.41, 5.74) is 2.58. The Labute approximate surface area is 180 Å². The number of anilines is 2. The fourth-order valence-corrected chi connectivity index (χ4v) is 3.75. The van der Waals surface area contributed by atoms with Crippen molar-refractivity contribution in [2.24, 2.45) is 5.92 Å². The van der Waals surface area contributed by atoms with E-state index in [4.69, 9.17) is 0 Å². The van der Waals surface area contributed by atoms with Crippen LogP contribution in [0.3, 0.4) is 0 Å². The van der Waals surface area contributed by atoms with Crippen LogP contribution in [0.1, 0.15) is 25.8 Å². The molecule has 2 heterocycles. The van der Waals surface area contributed by atoms with Crippen LogP contribution in [0.15, 0.2) is 66.4 Å². The van der Waals surface area contributed by atoms with Gasteiger partial charge in [0.2, 0.25) is 0 Å². The first-order valence-corrected chi connectivity index (χ1v) is 10.2. The Morgan fingerprint density at radius 3 is 2.71 bits per heavy atom. The normalized spacial score (nSPS) is 14.5. The zero-order valence-electron chi connectivity index (χ0n) is 17.4. The molecule has 2 amide bonds. The van der Waals surface area contributed by atoms with Gasteiger partial charge in [-0.1, -0.05) is 38.1 Å². The predicted octanol–water partition coefficient (Wildman–Crippen LogP) is 4.54. The second-order valence-corrected chi connectivity index (χ2v) is 7.85. The molecule has 0 atom stereocenters. The number of amides is 2. The second kappa shape index (κ2) is 8.41. The van der Waals surface area contributed by atoms with Crippen LogP contribution >= 0.6 is 0 Å². The van der Waals surface area contributed by atoms with Gasteiger partial charge >= 0.3 is 0 Å². The van der Waals surface area contributed by atoms with E-state index in [-0.39, 0.29) is 17.1 Å². The number of carbonyl (C=O) groups excluding carboxylic acids is 2. The minimum atomic E-state index is -0.609. The predicted molar refractivity (Wildman–Crippen MR) is 121 cm³/mol. The molecule has 0 spiro atoms. The third kappa shape index (κ3) is 3.78. The number of para-hydroxylation sites is 1. The second-order valence-electron chi connectivity index (χ2n) is 7.85. The molecule has 1 aromatic heterocycles. The number of benzene rings is 2. The average Bonchev–Trinajstić information content (AvgIpc) is 3.04. The largest absolute Gasteiger partial charge is 0.321 e. The van der Waals surface area contributed by atoms with Crippen molar-refractivity contribution in [2.75, 3.05) is 16.8 Å². The minimum Gasteiger partial charge on any atom is -0.321 e. The molecule has 0 unspecified atom stereocenters. The lowest BCUT2D eigenvalue weighted by Crippen LogP contribution is -2.29. The molecule has 1 aliphatic heterocycles. The van der Waals surface area contributed by atoms with E-state index in [2.05, 4.69) is 24.1 Å². The lowest BCUT2D eigenvalue weighted by atomic mass is 10.0. The number of hydrogen-bond acceptors (Lipinski definition) is 4. The quantitative estimate of drug-likeness (QED) is 0.494. The van der Waals surface area contributed by atoms with Gasteiger partial charge in [0.1, 0.15) is 11.6 Å². The summed E-state index contributed by atoms with van der Waals surface area (Å²) in [4.78, 5) is 32.3. The molecule has 0 saturated heterocycles. The third-order valence-electron chi connectivity index (χ3n) is 5.34. The maximum atomic E-state index is 13.3. The molecule has 2 aromatic carbocycles. The van der Waals surface area contributed by atoms with Crippen LogP contribution in [0.25, 0.3) is 16.5 Å². The summed E-state index contributed by atoms with van der Waals surface area (Å²) in [6.45, 7) is 4.72. The van der Waals surface area contributed by atoms with Gasteiger partial charge in [0.15, 0.2) is 0 Å².